The summed E-state index contributed by atoms with van der Waals surface area (Å²) in [6.07, 6.45) is 2.07. The number of fused-ring (bicyclic) bond motifs is 1. The SMILES string of the molecule is COc1ccc2c(c1)C(CC(=O)c1ccc(C(=O)N3CCCC(O)C3)cc1)=NC(C)(C)C2. The number of aliphatic imine (C=N–C) groups is 1. The summed E-state index contributed by atoms with van der Waals surface area (Å²) < 4.78 is 5.37. The number of likely N-dealkylation sites (tertiary alicyclic amines) is 1. The Morgan fingerprint density at radius 1 is 1.16 bits per heavy atom. The van der Waals surface area contributed by atoms with Gasteiger partial charge in [-0.3, -0.25) is 14.6 Å². The van der Waals surface area contributed by atoms with Gasteiger partial charge in [-0.25, -0.2) is 0 Å². The van der Waals surface area contributed by atoms with E-state index in [4.69, 9.17) is 9.73 Å². The van der Waals surface area contributed by atoms with Crippen molar-refractivity contribution in [3.63, 3.8) is 0 Å². The number of ether oxygens (including phenoxy) is 1. The second kappa shape index (κ2) is 8.87. The lowest BCUT2D eigenvalue weighted by Gasteiger charge is -2.30. The Bertz CT molecular complexity index is 1060. The lowest BCUT2D eigenvalue weighted by Crippen LogP contribution is -2.42. The van der Waals surface area contributed by atoms with Crippen molar-refractivity contribution in [1.29, 1.82) is 0 Å². The summed E-state index contributed by atoms with van der Waals surface area (Å²) in [5.74, 6) is 0.596. The van der Waals surface area contributed by atoms with Crippen LogP contribution in [0.3, 0.4) is 0 Å². The Morgan fingerprint density at radius 3 is 2.56 bits per heavy atom. The molecule has 1 atom stereocenters. The predicted molar refractivity (Wildman–Crippen MR) is 124 cm³/mol. The first-order valence-corrected chi connectivity index (χ1v) is 11.1. The molecule has 2 aromatic carbocycles. The molecule has 2 aromatic rings. The fourth-order valence-electron chi connectivity index (χ4n) is 4.55. The van der Waals surface area contributed by atoms with E-state index in [0.29, 0.717) is 24.2 Å². The largest absolute Gasteiger partial charge is 0.497 e. The quantitative estimate of drug-likeness (QED) is 0.728. The maximum atomic E-state index is 13.1. The van der Waals surface area contributed by atoms with E-state index in [-0.39, 0.29) is 23.7 Å². The number of methoxy groups -OCH3 is 1. The zero-order chi connectivity index (χ0) is 22.9. The van der Waals surface area contributed by atoms with Crippen molar-refractivity contribution in [2.24, 2.45) is 4.99 Å². The van der Waals surface area contributed by atoms with Gasteiger partial charge in [0.2, 0.25) is 0 Å². The van der Waals surface area contributed by atoms with Crippen LogP contribution in [0.2, 0.25) is 0 Å². The molecule has 1 N–H and O–H groups in total. The molecule has 1 saturated heterocycles. The monoisotopic (exact) mass is 434 g/mol. The van der Waals surface area contributed by atoms with Crippen LogP contribution in [0.5, 0.6) is 5.75 Å². The van der Waals surface area contributed by atoms with Crippen LogP contribution in [0.4, 0.5) is 0 Å². The van der Waals surface area contributed by atoms with Crippen LogP contribution in [0, 0.1) is 0 Å². The Kier molecular flexibility index (Phi) is 6.15. The standard InChI is InChI=1S/C26H30N2O4/c1-26(2)15-19-10-11-21(32-3)13-22(19)23(27-26)14-24(30)17-6-8-18(9-7-17)25(31)28-12-4-5-20(29)16-28/h6-11,13,20,29H,4-5,12,14-16H2,1-3H3. The first kappa shape index (κ1) is 22.2. The molecule has 0 spiro atoms. The first-order chi connectivity index (χ1) is 15.3. The molecule has 1 unspecified atom stereocenters. The average Bonchev–Trinajstić information content (AvgIpc) is 2.77. The molecule has 168 valence electrons. The fourth-order valence-corrected chi connectivity index (χ4v) is 4.55. The number of aliphatic hydroxyl groups is 1. The third-order valence-corrected chi connectivity index (χ3v) is 6.15. The Balaban J connectivity index is 1.51. The molecular weight excluding hydrogens is 404 g/mol. The van der Waals surface area contributed by atoms with Crippen molar-refractivity contribution in [2.45, 2.75) is 51.2 Å². The molecule has 2 aliphatic rings. The van der Waals surface area contributed by atoms with Crippen molar-refractivity contribution in [3.05, 3.63) is 64.7 Å². The number of piperidine rings is 1. The van der Waals surface area contributed by atoms with Gasteiger partial charge in [0.05, 0.1) is 30.9 Å². The van der Waals surface area contributed by atoms with Gasteiger partial charge in [0.25, 0.3) is 5.91 Å². The number of Topliss-reactive ketones (excluding diaryl/α,β-unsaturated/α-hetero) is 1. The third-order valence-electron chi connectivity index (χ3n) is 6.15. The second-order valence-electron chi connectivity index (χ2n) is 9.30. The van der Waals surface area contributed by atoms with Gasteiger partial charge in [0.15, 0.2) is 5.78 Å². The van der Waals surface area contributed by atoms with E-state index >= 15 is 0 Å². The predicted octanol–water partition coefficient (Wildman–Crippen LogP) is 3.69. The molecule has 0 bridgehead atoms. The van der Waals surface area contributed by atoms with Crippen LogP contribution < -0.4 is 4.74 Å². The number of aliphatic hydroxyl groups excluding tert-OH is 1. The molecule has 1 amide bonds. The highest BCUT2D eigenvalue weighted by atomic mass is 16.5. The molecule has 6 nitrogen and oxygen atoms in total. The highest BCUT2D eigenvalue weighted by Gasteiger charge is 2.28. The van der Waals surface area contributed by atoms with E-state index in [1.807, 2.05) is 18.2 Å². The highest BCUT2D eigenvalue weighted by molar-refractivity contribution is 6.17. The average molecular weight is 435 g/mol. The lowest BCUT2D eigenvalue weighted by atomic mass is 9.85. The molecule has 0 aromatic heterocycles. The summed E-state index contributed by atoms with van der Waals surface area (Å²) >= 11 is 0. The van der Waals surface area contributed by atoms with Gasteiger partial charge in [-0.2, -0.15) is 0 Å². The number of benzene rings is 2. The number of rotatable bonds is 5. The van der Waals surface area contributed by atoms with Gasteiger partial charge < -0.3 is 14.7 Å². The van der Waals surface area contributed by atoms with Crippen molar-refractivity contribution < 1.29 is 19.4 Å². The number of β-amino-alcohol motifs (C(OH)–C–C–N with tert-alkyl or cyclic N) is 1. The minimum Gasteiger partial charge on any atom is -0.497 e. The molecular formula is C26H30N2O4. The summed E-state index contributed by atoms with van der Waals surface area (Å²) in [6, 6.07) is 12.7. The number of hydrogen-bond donors (Lipinski definition) is 1. The minimum atomic E-state index is -0.462. The third kappa shape index (κ3) is 4.75. The van der Waals surface area contributed by atoms with Crippen LogP contribution in [0.1, 0.15) is 65.0 Å². The van der Waals surface area contributed by atoms with Crippen LogP contribution in [-0.2, 0) is 6.42 Å². The van der Waals surface area contributed by atoms with Gasteiger partial charge in [-0.05, 0) is 62.9 Å². The van der Waals surface area contributed by atoms with Gasteiger partial charge in [-0.15, -0.1) is 0 Å². The molecule has 2 aliphatic heterocycles. The maximum absolute atomic E-state index is 13.1. The van der Waals surface area contributed by atoms with E-state index < -0.39 is 6.10 Å². The number of carbonyl (C=O) groups excluding carboxylic acids is 2. The van der Waals surface area contributed by atoms with E-state index in [2.05, 4.69) is 13.8 Å². The van der Waals surface area contributed by atoms with Crippen LogP contribution in [0.25, 0.3) is 0 Å². The maximum Gasteiger partial charge on any atom is 0.253 e. The molecule has 0 saturated carbocycles. The number of nitrogens with zero attached hydrogens (tertiary/aromatic N) is 2. The Morgan fingerprint density at radius 2 is 1.88 bits per heavy atom. The first-order valence-electron chi connectivity index (χ1n) is 11.1. The molecule has 32 heavy (non-hydrogen) atoms. The lowest BCUT2D eigenvalue weighted by molar-refractivity contribution is 0.0473. The Labute approximate surface area is 188 Å². The summed E-state index contributed by atoms with van der Waals surface area (Å²) in [7, 11) is 1.63. The molecule has 1 fully saturated rings. The van der Waals surface area contributed by atoms with E-state index in [1.165, 1.54) is 5.56 Å². The van der Waals surface area contributed by atoms with E-state index in [1.54, 1.807) is 36.3 Å². The molecule has 6 heteroatoms. The van der Waals surface area contributed by atoms with Crippen LogP contribution >= 0.6 is 0 Å². The number of carbonyl (C=O) groups is 2. The van der Waals surface area contributed by atoms with E-state index in [9.17, 15) is 14.7 Å². The van der Waals surface area contributed by atoms with E-state index in [0.717, 1.165) is 36.3 Å². The molecule has 0 radical (unpaired) electrons. The fraction of sp³-hybridized carbons (Fsp3) is 0.423. The summed E-state index contributed by atoms with van der Waals surface area (Å²) in [6.45, 7) is 5.15. The molecule has 0 aliphatic carbocycles. The highest BCUT2D eigenvalue weighted by Crippen LogP contribution is 2.31. The summed E-state index contributed by atoms with van der Waals surface area (Å²) in [5, 5.41) is 9.83. The zero-order valence-corrected chi connectivity index (χ0v) is 18.9. The Hall–Kier alpha value is -2.99. The topological polar surface area (TPSA) is 79.2 Å². The molecule has 2 heterocycles. The number of hydrogen-bond acceptors (Lipinski definition) is 5. The van der Waals surface area contributed by atoms with Crippen molar-refractivity contribution in [2.75, 3.05) is 20.2 Å². The minimum absolute atomic E-state index is 0.0392. The van der Waals surface area contributed by atoms with Gasteiger partial charge >= 0.3 is 0 Å². The summed E-state index contributed by atoms with van der Waals surface area (Å²) in [4.78, 5) is 32.3. The van der Waals surface area contributed by atoms with Crippen molar-refractivity contribution in [3.8, 4) is 5.75 Å². The van der Waals surface area contributed by atoms with Crippen molar-refractivity contribution in [1.82, 2.24) is 4.90 Å². The van der Waals surface area contributed by atoms with Crippen molar-refractivity contribution >= 4 is 17.4 Å². The van der Waals surface area contributed by atoms with Gasteiger partial charge in [0, 0.05) is 29.8 Å². The second-order valence-corrected chi connectivity index (χ2v) is 9.30. The molecule has 4 rings (SSSR count). The van der Waals surface area contributed by atoms with Gasteiger partial charge in [0.1, 0.15) is 5.75 Å². The normalized spacial score (nSPS) is 19.7. The van der Waals surface area contributed by atoms with Crippen LogP contribution in [-0.4, -0.2) is 59.3 Å². The number of amides is 1. The smallest absolute Gasteiger partial charge is 0.253 e. The van der Waals surface area contributed by atoms with Gasteiger partial charge in [-0.1, -0.05) is 18.2 Å². The summed E-state index contributed by atoms with van der Waals surface area (Å²) in [5.41, 5.74) is 3.71. The van der Waals surface area contributed by atoms with Crippen LogP contribution in [0.15, 0.2) is 47.5 Å². The number of ketones is 1. The zero-order valence-electron chi connectivity index (χ0n) is 18.9.